The Hall–Kier alpha value is -0.880. The number of halogens is 1. The molecule has 0 amide bonds. The number of hydrogen-bond acceptors (Lipinski definition) is 3. The van der Waals surface area contributed by atoms with Crippen molar-refractivity contribution in [2.75, 3.05) is 19.6 Å². The molecular weight excluding hydrogens is 320 g/mol. The van der Waals surface area contributed by atoms with Crippen LogP contribution in [0.2, 0.25) is 5.02 Å². The summed E-state index contributed by atoms with van der Waals surface area (Å²) in [5.41, 5.74) is 0. The molecule has 2 N–H and O–H groups in total. The first-order chi connectivity index (χ1) is 10.5. The molecule has 1 fully saturated rings. The Morgan fingerprint density at radius 3 is 2.50 bits per heavy atom. The summed E-state index contributed by atoms with van der Waals surface area (Å²) in [6, 6.07) is 6.19. The van der Waals surface area contributed by atoms with Crippen molar-refractivity contribution in [3.05, 3.63) is 41.4 Å². The number of hydrogen-bond donors (Lipinski definition) is 2. The summed E-state index contributed by atoms with van der Waals surface area (Å²) in [5.74, 6) is 2.21. The summed E-state index contributed by atoms with van der Waals surface area (Å²) in [5, 5.41) is 3.89. The van der Waals surface area contributed by atoms with E-state index in [1.54, 1.807) is 12.1 Å². The van der Waals surface area contributed by atoms with Gasteiger partial charge in [0, 0.05) is 18.1 Å². The first-order valence-electron chi connectivity index (χ1n) is 7.69. The molecule has 3 rings (SSSR count). The maximum absolute atomic E-state index is 12.1. The van der Waals surface area contributed by atoms with Crippen LogP contribution in [0.1, 0.15) is 12.8 Å². The summed E-state index contributed by atoms with van der Waals surface area (Å²) in [6.45, 7) is 2.00. The fourth-order valence-corrected chi connectivity index (χ4v) is 4.55. The molecule has 0 unspecified atom stereocenters. The van der Waals surface area contributed by atoms with Crippen molar-refractivity contribution in [2.45, 2.75) is 17.7 Å². The molecule has 0 heterocycles. The molecule has 1 saturated carbocycles. The van der Waals surface area contributed by atoms with Gasteiger partial charge in [-0.25, -0.2) is 13.1 Å². The quantitative estimate of drug-likeness (QED) is 0.592. The van der Waals surface area contributed by atoms with E-state index in [1.165, 1.54) is 25.0 Å². The van der Waals surface area contributed by atoms with Crippen molar-refractivity contribution in [2.24, 2.45) is 17.8 Å². The van der Waals surface area contributed by atoms with E-state index in [-0.39, 0.29) is 4.90 Å². The largest absolute Gasteiger partial charge is 0.315 e. The number of rotatable bonds is 7. The number of fused-ring (bicyclic) bond motifs is 2. The zero-order valence-electron chi connectivity index (χ0n) is 12.3. The second-order valence-electron chi connectivity index (χ2n) is 6.10. The van der Waals surface area contributed by atoms with Gasteiger partial charge in [-0.1, -0.05) is 23.8 Å². The maximum Gasteiger partial charge on any atom is 0.240 e. The van der Waals surface area contributed by atoms with Crippen molar-refractivity contribution in [1.29, 1.82) is 0 Å². The Labute approximate surface area is 137 Å². The van der Waals surface area contributed by atoms with E-state index in [0.717, 1.165) is 18.4 Å². The fraction of sp³-hybridized carbons (Fsp3) is 0.500. The highest BCUT2D eigenvalue weighted by molar-refractivity contribution is 7.89. The molecule has 0 aromatic heterocycles. The van der Waals surface area contributed by atoms with Gasteiger partial charge in [-0.05, 0) is 61.4 Å². The van der Waals surface area contributed by atoms with Gasteiger partial charge in [0.25, 0.3) is 0 Å². The molecule has 2 aliphatic rings. The molecular formula is C16H21ClN2O2S. The van der Waals surface area contributed by atoms with Gasteiger partial charge in [-0.3, -0.25) is 0 Å². The summed E-state index contributed by atoms with van der Waals surface area (Å²) in [4.78, 5) is 0.245. The maximum atomic E-state index is 12.1. The van der Waals surface area contributed by atoms with Crippen LogP contribution in [0.5, 0.6) is 0 Å². The monoisotopic (exact) mass is 340 g/mol. The molecule has 6 heteroatoms. The van der Waals surface area contributed by atoms with Crippen LogP contribution in [0, 0.1) is 17.8 Å². The van der Waals surface area contributed by atoms with Crippen molar-refractivity contribution in [3.63, 3.8) is 0 Å². The predicted octanol–water partition coefficient (Wildman–Crippen LogP) is 2.42. The summed E-state index contributed by atoms with van der Waals surface area (Å²) < 4.78 is 26.8. The number of nitrogens with one attached hydrogen (secondary N) is 2. The van der Waals surface area contributed by atoms with Crippen LogP contribution in [-0.2, 0) is 10.0 Å². The lowest BCUT2D eigenvalue weighted by Crippen LogP contribution is -2.34. The van der Waals surface area contributed by atoms with Gasteiger partial charge >= 0.3 is 0 Å². The Balaban J connectivity index is 1.39. The van der Waals surface area contributed by atoms with Crippen molar-refractivity contribution in [1.82, 2.24) is 10.0 Å². The van der Waals surface area contributed by atoms with E-state index in [0.29, 0.717) is 24.0 Å². The van der Waals surface area contributed by atoms with Crippen LogP contribution in [-0.4, -0.2) is 28.1 Å². The summed E-state index contributed by atoms with van der Waals surface area (Å²) in [7, 11) is -3.44. The van der Waals surface area contributed by atoms with Crippen molar-refractivity contribution < 1.29 is 8.42 Å². The summed E-state index contributed by atoms with van der Waals surface area (Å²) in [6.07, 6.45) is 7.24. The standard InChI is InChI=1S/C16H21ClN2O2S/c17-15-3-5-16(6-4-15)22(20,21)19-8-7-18-11-14-10-12-1-2-13(14)9-12/h1-6,12-14,18-19H,7-11H2/t12-,13-,14+/m0/s1. The van der Waals surface area contributed by atoms with Crippen LogP contribution in [0.3, 0.4) is 0 Å². The molecule has 2 bridgehead atoms. The van der Waals surface area contributed by atoms with Gasteiger partial charge in [-0.2, -0.15) is 0 Å². The van der Waals surface area contributed by atoms with Crippen LogP contribution in [0.4, 0.5) is 0 Å². The van der Waals surface area contributed by atoms with Crippen LogP contribution in [0.25, 0.3) is 0 Å². The van der Waals surface area contributed by atoms with Crippen LogP contribution in [0.15, 0.2) is 41.3 Å². The molecule has 0 radical (unpaired) electrons. The van der Waals surface area contributed by atoms with Crippen molar-refractivity contribution in [3.8, 4) is 0 Å². The van der Waals surface area contributed by atoms with Crippen LogP contribution >= 0.6 is 11.6 Å². The SMILES string of the molecule is O=S(=O)(NCCNC[C@H]1C[C@H]2C=C[C@H]1C2)c1ccc(Cl)cc1. The average Bonchev–Trinajstić information content (AvgIpc) is 3.10. The molecule has 0 aliphatic heterocycles. The lowest BCUT2D eigenvalue weighted by molar-refractivity contribution is 0.416. The average molecular weight is 341 g/mol. The predicted molar refractivity (Wildman–Crippen MR) is 88.4 cm³/mol. The van der Waals surface area contributed by atoms with E-state index < -0.39 is 10.0 Å². The highest BCUT2D eigenvalue weighted by Gasteiger charge is 2.34. The third-order valence-corrected chi connectivity index (χ3v) is 6.27. The second-order valence-corrected chi connectivity index (χ2v) is 8.30. The fourth-order valence-electron chi connectivity index (χ4n) is 3.39. The minimum Gasteiger partial charge on any atom is -0.315 e. The first kappa shape index (κ1) is 16.0. The van der Waals surface area contributed by atoms with E-state index in [2.05, 4.69) is 22.2 Å². The second kappa shape index (κ2) is 6.71. The molecule has 1 aromatic carbocycles. The minimum atomic E-state index is -3.44. The van der Waals surface area contributed by atoms with E-state index in [4.69, 9.17) is 11.6 Å². The first-order valence-corrected chi connectivity index (χ1v) is 9.55. The Kier molecular flexibility index (Phi) is 4.88. The molecule has 22 heavy (non-hydrogen) atoms. The summed E-state index contributed by atoms with van der Waals surface area (Å²) >= 11 is 5.77. The molecule has 1 aromatic rings. The Morgan fingerprint density at radius 1 is 1.09 bits per heavy atom. The number of sulfonamides is 1. The van der Waals surface area contributed by atoms with Gasteiger partial charge in [0.2, 0.25) is 10.0 Å². The van der Waals surface area contributed by atoms with E-state index in [9.17, 15) is 8.42 Å². The third-order valence-electron chi connectivity index (χ3n) is 4.54. The smallest absolute Gasteiger partial charge is 0.240 e. The highest BCUT2D eigenvalue weighted by Crippen LogP contribution is 2.42. The molecule has 0 spiro atoms. The minimum absolute atomic E-state index is 0.245. The molecule has 3 atom stereocenters. The number of allylic oxidation sites excluding steroid dienone is 2. The van der Waals surface area contributed by atoms with E-state index >= 15 is 0 Å². The lowest BCUT2D eigenvalue weighted by atomic mass is 9.94. The van der Waals surface area contributed by atoms with Gasteiger partial charge in [0.05, 0.1) is 4.90 Å². The van der Waals surface area contributed by atoms with E-state index in [1.807, 2.05) is 0 Å². The number of benzene rings is 1. The lowest BCUT2D eigenvalue weighted by Gasteiger charge is -2.18. The van der Waals surface area contributed by atoms with Gasteiger partial charge in [0.15, 0.2) is 0 Å². The molecule has 2 aliphatic carbocycles. The van der Waals surface area contributed by atoms with Gasteiger partial charge in [0.1, 0.15) is 0 Å². The highest BCUT2D eigenvalue weighted by atomic mass is 35.5. The van der Waals surface area contributed by atoms with Gasteiger partial charge < -0.3 is 5.32 Å². The Bertz CT molecular complexity index is 643. The molecule has 0 saturated heterocycles. The Morgan fingerprint density at radius 2 is 1.86 bits per heavy atom. The third kappa shape index (κ3) is 3.71. The van der Waals surface area contributed by atoms with Crippen molar-refractivity contribution >= 4 is 21.6 Å². The zero-order valence-corrected chi connectivity index (χ0v) is 13.9. The van der Waals surface area contributed by atoms with Gasteiger partial charge in [-0.15, -0.1) is 0 Å². The molecule has 120 valence electrons. The molecule has 4 nitrogen and oxygen atoms in total. The zero-order chi connectivity index (χ0) is 15.6. The normalized spacial score (nSPS) is 26.7. The topological polar surface area (TPSA) is 58.2 Å². The van der Waals surface area contributed by atoms with Crippen LogP contribution < -0.4 is 10.0 Å².